The molecule has 0 fully saturated rings. The number of rotatable bonds is 2. The summed E-state index contributed by atoms with van der Waals surface area (Å²) in [7, 11) is 7.00. The van der Waals surface area contributed by atoms with E-state index in [4.69, 9.17) is 0 Å². The minimum Gasteiger partial charge on any atom is -0.668 e. The molecule has 0 amide bonds. The van der Waals surface area contributed by atoms with Gasteiger partial charge >= 0.3 is 21.7 Å². The Morgan fingerprint density at radius 1 is 0.833 bits per heavy atom. The van der Waals surface area contributed by atoms with Crippen LogP contribution in [0.3, 0.4) is 0 Å². The van der Waals surface area contributed by atoms with E-state index in [0.29, 0.717) is 0 Å². The first-order chi connectivity index (χ1) is 11.2. The Labute approximate surface area is 159 Å². The molecule has 0 N–H and O–H groups in total. The van der Waals surface area contributed by atoms with Crippen LogP contribution in [0.5, 0.6) is 0 Å². The van der Waals surface area contributed by atoms with Crippen molar-refractivity contribution in [2.75, 3.05) is 28.2 Å². The number of hydrogen-bond acceptors (Lipinski definition) is 1. The van der Waals surface area contributed by atoms with Crippen molar-refractivity contribution < 1.29 is 21.7 Å². The van der Waals surface area contributed by atoms with Crippen LogP contribution in [-0.2, 0) is 21.7 Å². The summed E-state index contributed by atoms with van der Waals surface area (Å²) >= 11 is 0. The molecule has 5 heteroatoms. The van der Waals surface area contributed by atoms with Crippen molar-refractivity contribution >= 4 is 22.8 Å². The fraction of sp³-hybridized carbons (Fsp3) is 0.211. The van der Waals surface area contributed by atoms with E-state index in [0.717, 1.165) is 22.3 Å². The van der Waals surface area contributed by atoms with Crippen molar-refractivity contribution in [2.24, 2.45) is 4.99 Å². The molecule has 3 rings (SSSR count). The fourth-order valence-corrected chi connectivity index (χ4v) is 1.76. The van der Waals surface area contributed by atoms with E-state index >= 15 is 0 Å². The first kappa shape index (κ1) is 22.3. The van der Waals surface area contributed by atoms with Crippen LogP contribution in [0.1, 0.15) is 5.69 Å². The van der Waals surface area contributed by atoms with Gasteiger partial charge in [0.15, 0.2) is 0 Å². The van der Waals surface area contributed by atoms with E-state index < -0.39 is 0 Å². The zero-order chi connectivity index (χ0) is 16.9. The van der Waals surface area contributed by atoms with Crippen molar-refractivity contribution in [3.8, 4) is 0 Å². The molecule has 0 spiro atoms. The third-order valence-corrected chi connectivity index (χ3v) is 2.59. The summed E-state index contributed by atoms with van der Waals surface area (Å²) in [5.41, 5.74) is 2.86. The van der Waals surface area contributed by atoms with Crippen LogP contribution in [0.25, 0.3) is 21.5 Å². The predicted octanol–water partition coefficient (Wildman–Crippen LogP) is 4.78. The molecular weight excluding hydrogens is 332 g/mol. The summed E-state index contributed by atoms with van der Waals surface area (Å²) < 4.78 is 0. The molecule has 1 aromatic heterocycles. The van der Waals surface area contributed by atoms with E-state index in [-0.39, 0.29) is 21.7 Å². The molecule has 1 radical (unpaired) electrons. The van der Waals surface area contributed by atoms with Gasteiger partial charge in [0.1, 0.15) is 0 Å². The maximum Gasteiger partial charge on any atom is 3.00 e. The van der Waals surface area contributed by atoms with Crippen molar-refractivity contribution in [1.82, 2.24) is 4.98 Å². The van der Waals surface area contributed by atoms with E-state index in [1.165, 1.54) is 0 Å². The number of benzene rings is 2. The molecule has 2 aromatic carbocycles. The molecular formula is C19H23N4Ti. The van der Waals surface area contributed by atoms with Gasteiger partial charge in [0.25, 0.3) is 0 Å². The molecule has 0 bridgehead atoms. The molecule has 0 atom stereocenters. The Kier molecular flexibility index (Phi) is 12.7. The Balaban J connectivity index is 0.000000668. The Bertz CT molecular complexity index is 658. The van der Waals surface area contributed by atoms with Crippen molar-refractivity contribution in [2.45, 2.75) is 0 Å². The second-order valence-corrected chi connectivity index (χ2v) is 4.73. The summed E-state index contributed by atoms with van der Waals surface area (Å²) in [4.78, 5) is 8.86. The third-order valence-electron chi connectivity index (χ3n) is 2.59. The molecule has 0 unspecified atom stereocenters. The average molecular weight is 355 g/mol. The fourth-order valence-electron chi connectivity index (χ4n) is 1.76. The molecule has 0 aliphatic rings. The van der Waals surface area contributed by atoms with Gasteiger partial charge in [-0.05, 0) is 17.5 Å². The summed E-state index contributed by atoms with van der Waals surface area (Å²) in [6.07, 6.45) is 1.80. The minimum atomic E-state index is 0. The number of aliphatic imine (C=N–C) groups is 1. The first-order valence-electron chi connectivity index (χ1n) is 7.32. The van der Waals surface area contributed by atoms with Crippen LogP contribution in [0.15, 0.2) is 65.7 Å². The molecule has 24 heavy (non-hydrogen) atoms. The van der Waals surface area contributed by atoms with Gasteiger partial charge in [-0.2, -0.15) is 28.2 Å². The normalized spacial score (nSPS) is 9.50. The number of nitrogens with zero attached hydrogens (tertiary/aromatic N) is 4. The Morgan fingerprint density at radius 2 is 1.38 bits per heavy atom. The monoisotopic (exact) mass is 355 g/mol. The maximum atomic E-state index is 4.48. The summed E-state index contributed by atoms with van der Waals surface area (Å²) in [5.74, 6) is 0. The number of fused-ring (bicyclic) bond motifs is 1. The molecule has 1 heterocycles. The zero-order valence-electron chi connectivity index (χ0n) is 14.6. The van der Waals surface area contributed by atoms with E-state index in [9.17, 15) is 0 Å². The molecule has 4 nitrogen and oxygen atoms in total. The van der Waals surface area contributed by atoms with Gasteiger partial charge < -0.3 is 15.6 Å². The third kappa shape index (κ3) is 8.22. The van der Waals surface area contributed by atoms with E-state index in [1.54, 1.807) is 34.4 Å². The smallest absolute Gasteiger partial charge is 0.668 e. The molecule has 0 aliphatic heterocycles. The molecule has 0 aliphatic carbocycles. The molecule has 0 saturated heterocycles. The van der Waals surface area contributed by atoms with Gasteiger partial charge in [0.2, 0.25) is 0 Å². The quantitative estimate of drug-likeness (QED) is 0.482. The van der Waals surface area contributed by atoms with Crippen LogP contribution in [-0.4, -0.2) is 34.4 Å². The van der Waals surface area contributed by atoms with Crippen LogP contribution in [0, 0.1) is 0 Å². The van der Waals surface area contributed by atoms with Gasteiger partial charge in [-0.3, -0.25) is 4.99 Å². The molecule has 123 valence electrons. The Hall–Kier alpha value is -1.72. The number of aromatic nitrogens is 1. The molecule has 0 saturated carbocycles. The largest absolute Gasteiger partial charge is 3.00 e. The summed E-state index contributed by atoms with van der Waals surface area (Å²) in [5, 5.41) is 8.15. The van der Waals surface area contributed by atoms with Gasteiger partial charge in [0, 0.05) is 6.21 Å². The SMILES string of the molecule is C(=Nc1ccccc1)c1cc2ccccc2[n-]1.C[N-]C.C[N-]C.[Ti+3]. The van der Waals surface area contributed by atoms with Crippen molar-refractivity contribution in [3.63, 3.8) is 0 Å². The standard InChI is InChI=1S/C15H11N2.2C2H6N.Ti/c1-2-7-13(8-3-1)16-11-14-10-12-6-4-5-9-15(12)17-14;2*1-3-2;/h1-11H;2*1-2H3;/q3*-1;+3. The van der Waals surface area contributed by atoms with Crippen molar-refractivity contribution in [1.29, 1.82) is 0 Å². The van der Waals surface area contributed by atoms with Gasteiger partial charge in [-0.1, -0.05) is 48.5 Å². The van der Waals surface area contributed by atoms with Gasteiger partial charge in [0.05, 0.1) is 5.69 Å². The van der Waals surface area contributed by atoms with Crippen LogP contribution >= 0.6 is 0 Å². The topological polar surface area (TPSA) is 54.7 Å². The molecule has 3 aromatic rings. The number of hydrogen-bond donors (Lipinski definition) is 0. The number of para-hydroxylation sites is 2. The van der Waals surface area contributed by atoms with Gasteiger partial charge in [-0.25, -0.2) is 0 Å². The zero-order valence-corrected chi connectivity index (χ0v) is 16.2. The maximum absolute atomic E-state index is 4.48. The first-order valence-corrected chi connectivity index (χ1v) is 7.32. The summed E-state index contributed by atoms with van der Waals surface area (Å²) in [6.45, 7) is 0. The summed E-state index contributed by atoms with van der Waals surface area (Å²) in [6, 6.07) is 20.0. The van der Waals surface area contributed by atoms with E-state index in [1.807, 2.05) is 54.6 Å². The van der Waals surface area contributed by atoms with Crippen LogP contribution in [0.4, 0.5) is 5.69 Å². The van der Waals surface area contributed by atoms with Gasteiger partial charge in [-0.15, -0.1) is 11.2 Å². The van der Waals surface area contributed by atoms with Crippen molar-refractivity contribution in [3.05, 3.63) is 77.0 Å². The minimum absolute atomic E-state index is 0. The second-order valence-electron chi connectivity index (χ2n) is 4.73. The Morgan fingerprint density at radius 3 is 1.96 bits per heavy atom. The van der Waals surface area contributed by atoms with E-state index in [2.05, 4.69) is 26.7 Å². The second kappa shape index (κ2) is 13.7. The van der Waals surface area contributed by atoms with Crippen LogP contribution < -0.4 is 4.98 Å². The average Bonchev–Trinajstić information content (AvgIpc) is 2.98. The van der Waals surface area contributed by atoms with Crippen LogP contribution in [0.2, 0.25) is 0 Å². The predicted molar refractivity (Wildman–Crippen MR) is 101 cm³/mol.